The molecule has 1 rings (SSSR count). The van der Waals surface area contributed by atoms with Gasteiger partial charge in [-0.1, -0.05) is 0 Å². The monoisotopic (exact) mass is 280 g/mol. The summed E-state index contributed by atoms with van der Waals surface area (Å²) in [4.78, 5) is 24.7. The summed E-state index contributed by atoms with van der Waals surface area (Å²) in [7, 11) is 1.50. The smallest absolute Gasteiger partial charge is 0.287 e. The van der Waals surface area contributed by atoms with E-state index in [4.69, 9.17) is 9.84 Å². The molecule has 2 N–H and O–H groups in total. The third kappa shape index (κ3) is 4.71. The van der Waals surface area contributed by atoms with Crippen molar-refractivity contribution >= 4 is 11.8 Å². The summed E-state index contributed by atoms with van der Waals surface area (Å²) in [5.74, 6) is -4.75. The van der Waals surface area contributed by atoms with Crippen molar-refractivity contribution in [2.24, 2.45) is 5.92 Å². The maximum Gasteiger partial charge on any atom is 0.287 e. The SMILES string of the molecule is COCCN1CC(C(=O)NCC(F)(F)CO)CC1=O. The Morgan fingerprint density at radius 1 is 1.63 bits per heavy atom. The number of halogens is 2. The first-order valence-corrected chi connectivity index (χ1v) is 5.92. The van der Waals surface area contributed by atoms with Crippen molar-refractivity contribution in [3.63, 3.8) is 0 Å². The molecule has 1 heterocycles. The minimum Gasteiger partial charge on any atom is -0.390 e. The van der Waals surface area contributed by atoms with Crippen LogP contribution in [0.2, 0.25) is 0 Å². The standard InChI is InChI=1S/C11H18F2N2O4/c1-19-3-2-15-5-8(4-9(15)17)10(18)14-6-11(12,13)7-16/h8,16H,2-7H2,1H3,(H,14,18). The van der Waals surface area contributed by atoms with E-state index >= 15 is 0 Å². The van der Waals surface area contributed by atoms with Crippen molar-refractivity contribution in [1.29, 1.82) is 0 Å². The minimum absolute atomic E-state index is 0.0141. The minimum atomic E-state index is -3.34. The molecule has 1 saturated heterocycles. The summed E-state index contributed by atoms with van der Waals surface area (Å²) in [6.07, 6.45) is 0.0141. The van der Waals surface area contributed by atoms with E-state index in [0.717, 1.165) is 0 Å². The highest BCUT2D eigenvalue weighted by atomic mass is 19.3. The number of carbonyl (C=O) groups excluding carboxylic acids is 2. The van der Waals surface area contributed by atoms with E-state index in [9.17, 15) is 18.4 Å². The quantitative estimate of drug-likeness (QED) is 0.641. The number of nitrogens with zero attached hydrogens (tertiary/aromatic N) is 1. The average molecular weight is 280 g/mol. The molecule has 6 nitrogen and oxygen atoms in total. The van der Waals surface area contributed by atoms with Crippen molar-refractivity contribution in [2.75, 3.05) is 40.0 Å². The molecule has 0 aromatic rings. The molecule has 0 aromatic carbocycles. The molecule has 1 aliphatic rings. The van der Waals surface area contributed by atoms with Crippen LogP contribution < -0.4 is 5.32 Å². The molecule has 0 bridgehead atoms. The van der Waals surface area contributed by atoms with E-state index in [0.29, 0.717) is 13.2 Å². The zero-order valence-corrected chi connectivity index (χ0v) is 10.7. The second-order valence-corrected chi connectivity index (χ2v) is 4.47. The summed E-state index contributed by atoms with van der Waals surface area (Å²) in [6.45, 7) is -1.30. The van der Waals surface area contributed by atoms with Crippen LogP contribution in [0.4, 0.5) is 8.78 Å². The first-order valence-electron chi connectivity index (χ1n) is 5.92. The molecule has 1 atom stereocenters. The van der Waals surface area contributed by atoms with Gasteiger partial charge in [-0.2, -0.15) is 0 Å². The number of ether oxygens (including phenoxy) is 1. The Balaban J connectivity index is 2.41. The molecule has 0 radical (unpaired) electrons. The number of carbonyl (C=O) groups is 2. The van der Waals surface area contributed by atoms with Gasteiger partial charge < -0.3 is 20.1 Å². The Kier molecular flexibility index (Phi) is 5.61. The van der Waals surface area contributed by atoms with Crippen LogP contribution in [-0.4, -0.2) is 67.7 Å². The highest BCUT2D eigenvalue weighted by Crippen LogP contribution is 2.18. The number of amides is 2. The van der Waals surface area contributed by atoms with Gasteiger partial charge in [-0.3, -0.25) is 9.59 Å². The second kappa shape index (κ2) is 6.76. The molecule has 0 spiro atoms. The van der Waals surface area contributed by atoms with E-state index in [1.165, 1.54) is 12.0 Å². The molecular weight excluding hydrogens is 262 g/mol. The number of nitrogens with one attached hydrogen (secondary N) is 1. The maximum absolute atomic E-state index is 12.8. The van der Waals surface area contributed by atoms with Gasteiger partial charge in [-0.15, -0.1) is 0 Å². The van der Waals surface area contributed by atoms with E-state index in [1.807, 2.05) is 0 Å². The third-order valence-electron chi connectivity index (χ3n) is 2.90. The average Bonchev–Trinajstić information content (AvgIpc) is 2.75. The lowest BCUT2D eigenvalue weighted by molar-refractivity contribution is -0.130. The largest absolute Gasteiger partial charge is 0.390 e. The van der Waals surface area contributed by atoms with E-state index in [-0.39, 0.29) is 18.9 Å². The van der Waals surface area contributed by atoms with Gasteiger partial charge in [0, 0.05) is 26.6 Å². The van der Waals surface area contributed by atoms with Crippen molar-refractivity contribution in [3.05, 3.63) is 0 Å². The van der Waals surface area contributed by atoms with Crippen LogP contribution in [0.3, 0.4) is 0 Å². The van der Waals surface area contributed by atoms with Crippen LogP contribution in [0.25, 0.3) is 0 Å². The molecular formula is C11H18F2N2O4. The lowest BCUT2D eigenvalue weighted by Gasteiger charge is -2.17. The van der Waals surface area contributed by atoms with Crippen molar-refractivity contribution in [1.82, 2.24) is 10.2 Å². The van der Waals surface area contributed by atoms with Gasteiger partial charge in [-0.25, -0.2) is 8.78 Å². The van der Waals surface area contributed by atoms with E-state index in [2.05, 4.69) is 5.32 Å². The third-order valence-corrected chi connectivity index (χ3v) is 2.90. The van der Waals surface area contributed by atoms with E-state index in [1.54, 1.807) is 0 Å². The molecule has 0 saturated carbocycles. The summed E-state index contributed by atoms with van der Waals surface area (Å²) in [5, 5.41) is 10.4. The Bertz CT molecular complexity index is 339. The number of aliphatic hydroxyl groups excluding tert-OH is 1. The number of alkyl halides is 2. The summed E-state index contributed by atoms with van der Waals surface area (Å²) in [6, 6.07) is 0. The van der Waals surface area contributed by atoms with E-state index < -0.39 is 30.9 Å². The second-order valence-electron chi connectivity index (χ2n) is 4.47. The van der Waals surface area contributed by atoms with Crippen LogP contribution in [0.1, 0.15) is 6.42 Å². The fourth-order valence-electron chi connectivity index (χ4n) is 1.78. The number of methoxy groups -OCH3 is 1. The van der Waals surface area contributed by atoms with Gasteiger partial charge >= 0.3 is 0 Å². The molecule has 1 unspecified atom stereocenters. The first-order chi connectivity index (χ1) is 8.89. The maximum atomic E-state index is 12.8. The molecule has 8 heteroatoms. The summed E-state index contributed by atoms with van der Waals surface area (Å²) < 4.78 is 30.4. The normalized spacial score (nSPS) is 19.9. The molecule has 0 aliphatic carbocycles. The number of hydrogen-bond donors (Lipinski definition) is 2. The Hall–Kier alpha value is -1.28. The Morgan fingerprint density at radius 2 is 2.32 bits per heavy atom. The number of aliphatic hydroxyl groups is 1. The number of likely N-dealkylation sites (tertiary alicyclic amines) is 1. The first kappa shape index (κ1) is 15.8. The van der Waals surface area contributed by atoms with Crippen molar-refractivity contribution in [2.45, 2.75) is 12.3 Å². The highest BCUT2D eigenvalue weighted by molar-refractivity contribution is 5.89. The van der Waals surface area contributed by atoms with Gasteiger partial charge in [0.2, 0.25) is 11.8 Å². The topological polar surface area (TPSA) is 78.9 Å². The summed E-state index contributed by atoms with van der Waals surface area (Å²) >= 11 is 0. The lowest BCUT2D eigenvalue weighted by atomic mass is 10.1. The van der Waals surface area contributed by atoms with Crippen LogP contribution in [0.5, 0.6) is 0 Å². The fourth-order valence-corrected chi connectivity index (χ4v) is 1.78. The lowest BCUT2D eigenvalue weighted by Crippen LogP contribution is -2.42. The zero-order valence-electron chi connectivity index (χ0n) is 10.7. The van der Waals surface area contributed by atoms with Crippen molar-refractivity contribution < 1.29 is 28.2 Å². The van der Waals surface area contributed by atoms with Gasteiger partial charge in [0.15, 0.2) is 0 Å². The Labute approximate surface area is 109 Å². The predicted molar refractivity (Wildman–Crippen MR) is 61.6 cm³/mol. The van der Waals surface area contributed by atoms with Gasteiger partial charge in [0.05, 0.1) is 19.1 Å². The molecule has 2 amide bonds. The summed E-state index contributed by atoms with van der Waals surface area (Å²) in [5.41, 5.74) is 0. The highest BCUT2D eigenvalue weighted by Gasteiger charge is 2.35. The predicted octanol–water partition coefficient (Wildman–Crippen LogP) is -0.775. The molecule has 1 aliphatic heterocycles. The molecule has 1 fully saturated rings. The number of rotatable bonds is 7. The van der Waals surface area contributed by atoms with Crippen LogP contribution >= 0.6 is 0 Å². The molecule has 0 aromatic heterocycles. The van der Waals surface area contributed by atoms with Gasteiger partial charge in [0.1, 0.15) is 6.61 Å². The van der Waals surface area contributed by atoms with Crippen molar-refractivity contribution in [3.8, 4) is 0 Å². The van der Waals surface area contributed by atoms with Crippen LogP contribution in [0, 0.1) is 5.92 Å². The molecule has 110 valence electrons. The zero-order chi connectivity index (χ0) is 14.5. The van der Waals surface area contributed by atoms with Crippen LogP contribution in [0.15, 0.2) is 0 Å². The van der Waals surface area contributed by atoms with Gasteiger partial charge in [0.25, 0.3) is 5.92 Å². The van der Waals surface area contributed by atoms with Crippen LogP contribution in [-0.2, 0) is 14.3 Å². The Morgan fingerprint density at radius 3 is 2.89 bits per heavy atom. The molecule has 19 heavy (non-hydrogen) atoms. The number of hydrogen-bond acceptors (Lipinski definition) is 4. The fraction of sp³-hybridized carbons (Fsp3) is 0.818. The van der Waals surface area contributed by atoms with Gasteiger partial charge in [-0.05, 0) is 0 Å².